The summed E-state index contributed by atoms with van der Waals surface area (Å²) in [4.78, 5) is 34.8. The number of benzene rings is 2. The van der Waals surface area contributed by atoms with Crippen LogP contribution in [0.1, 0.15) is 64.1 Å². The first-order valence-electron chi connectivity index (χ1n) is 14.6. The van der Waals surface area contributed by atoms with E-state index in [1.165, 1.54) is 25.0 Å². The second-order valence-corrected chi connectivity index (χ2v) is 14.6. The second kappa shape index (κ2) is 11.8. The zero-order chi connectivity index (χ0) is 30.5. The molecule has 0 spiro atoms. The molecule has 2 amide bonds. The van der Waals surface area contributed by atoms with Crippen LogP contribution in [-0.2, 0) is 20.4 Å². The molecular weight excluding hydrogens is 607 g/mol. The van der Waals surface area contributed by atoms with Gasteiger partial charge in [0.15, 0.2) is 9.84 Å². The Kier molecular flexibility index (Phi) is 8.19. The summed E-state index contributed by atoms with van der Waals surface area (Å²) in [6.07, 6.45) is 6.15. The van der Waals surface area contributed by atoms with Gasteiger partial charge in [0.2, 0.25) is 0 Å². The Labute approximate surface area is 262 Å². The van der Waals surface area contributed by atoms with Gasteiger partial charge in [0, 0.05) is 51.8 Å². The molecule has 226 valence electrons. The number of amides is 2. The number of aromatic nitrogens is 1. The van der Waals surface area contributed by atoms with Crippen molar-refractivity contribution in [2.24, 2.45) is 0 Å². The van der Waals surface area contributed by atoms with Gasteiger partial charge in [-0.15, -0.1) is 0 Å². The molecule has 1 aromatic heterocycles. The van der Waals surface area contributed by atoms with Crippen molar-refractivity contribution in [1.82, 2.24) is 14.8 Å². The van der Waals surface area contributed by atoms with E-state index >= 15 is 0 Å². The van der Waals surface area contributed by atoms with Crippen molar-refractivity contribution >= 4 is 62.2 Å². The summed E-state index contributed by atoms with van der Waals surface area (Å²) in [5.74, 6) is -0.610. The highest BCUT2D eigenvalue weighted by Gasteiger charge is 2.34. The first-order chi connectivity index (χ1) is 20.5. The fraction of sp³-hybridized carbons (Fsp3) is 0.375. The van der Waals surface area contributed by atoms with E-state index in [9.17, 15) is 18.0 Å². The third-order valence-electron chi connectivity index (χ3n) is 8.70. The first kappa shape index (κ1) is 29.9. The molecule has 11 heteroatoms. The number of nitrogens with zero attached hydrogens (tertiary/aromatic N) is 2. The Bertz CT molecular complexity index is 1740. The van der Waals surface area contributed by atoms with Gasteiger partial charge in [-0.05, 0) is 106 Å². The molecule has 0 radical (unpaired) electrons. The van der Waals surface area contributed by atoms with Crippen molar-refractivity contribution in [3.63, 3.8) is 0 Å². The maximum atomic E-state index is 13.8. The molecular formula is C32H34Cl2N4O4S. The normalized spacial score (nSPS) is 19.8. The smallest absolute Gasteiger partial charge is 0.256 e. The van der Waals surface area contributed by atoms with Crippen LogP contribution in [0.4, 0.5) is 5.69 Å². The number of H-pyrrole nitrogens is 1. The minimum Gasteiger partial charge on any atom is -0.358 e. The monoisotopic (exact) mass is 640 g/mol. The summed E-state index contributed by atoms with van der Waals surface area (Å²) in [7, 11) is -3.77. The van der Waals surface area contributed by atoms with Crippen molar-refractivity contribution in [1.29, 1.82) is 0 Å². The summed E-state index contributed by atoms with van der Waals surface area (Å²) in [6.45, 7) is 7.62. The number of likely N-dealkylation sites (tertiary alicyclic amines) is 2. The van der Waals surface area contributed by atoms with Gasteiger partial charge in [-0.1, -0.05) is 23.2 Å². The van der Waals surface area contributed by atoms with E-state index < -0.39 is 9.84 Å². The highest BCUT2D eigenvalue weighted by molar-refractivity contribution is 7.90. The van der Waals surface area contributed by atoms with Crippen molar-refractivity contribution in [2.75, 3.05) is 31.5 Å². The number of aromatic amines is 1. The van der Waals surface area contributed by atoms with E-state index in [-0.39, 0.29) is 28.5 Å². The van der Waals surface area contributed by atoms with Gasteiger partial charge in [-0.3, -0.25) is 9.59 Å². The summed E-state index contributed by atoms with van der Waals surface area (Å²) in [5.41, 5.74) is 4.61. The quantitative estimate of drug-likeness (QED) is 0.304. The minimum absolute atomic E-state index is 0.0170. The fourth-order valence-electron chi connectivity index (χ4n) is 6.58. The largest absolute Gasteiger partial charge is 0.358 e. The predicted molar refractivity (Wildman–Crippen MR) is 170 cm³/mol. The zero-order valence-corrected chi connectivity index (χ0v) is 26.5. The van der Waals surface area contributed by atoms with Crippen molar-refractivity contribution in [3.8, 4) is 0 Å². The van der Waals surface area contributed by atoms with Gasteiger partial charge in [0.05, 0.1) is 21.8 Å². The third kappa shape index (κ3) is 6.00. The van der Waals surface area contributed by atoms with Crippen LogP contribution < -0.4 is 5.32 Å². The van der Waals surface area contributed by atoms with Crippen LogP contribution in [-0.4, -0.2) is 67.2 Å². The summed E-state index contributed by atoms with van der Waals surface area (Å²) >= 11 is 12.2. The summed E-state index contributed by atoms with van der Waals surface area (Å²) in [6, 6.07) is 9.49. The Morgan fingerprint density at radius 3 is 2.47 bits per heavy atom. The molecule has 2 saturated heterocycles. The van der Waals surface area contributed by atoms with Crippen LogP contribution in [0.2, 0.25) is 10.0 Å². The van der Waals surface area contributed by atoms with Gasteiger partial charge >= 0.3 is 0 Å². The van der Waals surface area contributed by atoms with Gasteiger partial charge in [-0.2, -0.15) is 0 Å². The predicted octanol–water partition coefficient (Wildman–Crippen LogP) is 6.11. The van der Waals surface area contributed by atoms with E-state index in [4.69, 9.17) is 23.2 Å². The number of sulfone groups is 1. The number of nitrogens with one attached hydrogen (secondary N) is 2. The molecule has 43 heavy (non-hydrogen) atoms. The molecule has 3 aliphatic rings. The molecule has 2 N–H and O–H groups in total. The van der Waals surface area contributed by atoms with Crippen LogP contribution in [0.5, 0.6) is 0 Å². The number of fused-ring (bicyclic) bond motifs is 1. The third-order valence-corrected chi connectivity index (χ3v) is 10.8. The molecule has 3 aromatic rings. The number of hydrogen-bond acceptors (Lipinski definition) is 5. The maximum Gasteiger partial charge on any atom is 0.256 e. The zero-order valence-electron chi connectivity index (χ0n) is 24.2. The van der Waals surface area contributed by atoms with Crippen LogP contribution in [0.15, 0.2) is 41.3 Å². The fourth-order valence-corrected chi connectivity index (χ4v) is 8.50. The number of anilines is 1. The second-order valence-electron chi connectivity index (χ2n) is 11.7. The maximum absolute atomic E-state index is 13.8. The summed E-state index contributed by atoms with van der Waals surface area (Å²) < 4.78 is 26.7. The molecule has 0 unspecified atom stereocenters. The lowest BCUT2D eigenvalue weighted by Crippen LogP contribution is -2.42. The number of rotatable bonds is 7. The standard InChI is InChI=1S/C32H34Cl2N4O4S/c1-19-29(35-20(2)30(19)32(40)38-11-5-6-24(38)17-37-9-3-4-10-37)16-27-26-15-25(7-8-28(26)36-31(27)39)43(41,42)18-21-12-22(33)14-23(34)13-21/h7-8,12-16,24,35H,3-6,9-11,17-18H2,1-2H3,(H,36,39)/b27-16-/t24-/m0/s1. The van der Waals surface area contributed by atoms with Crippen LogP contribution in [0.25, 0.3) is 11.6 Å². The molecule has 3 aliphatic heterocycles. The molecule has 4 heterocycles. The number of carbonyl (C=O) groups is 2. The highest BCUT2D eigenvalue weighted by atomic mass is 35.5. The molecule has 0 aliphatic carbocycles. The van der Waals surface area contributed by atoms with E-state index in [2.05, 4.69) is 15.2 Å². The van der Waals surface area contributed by atoms with Crippen molar-refractivity contribution < 1.29 is 18.0 Å². The Morgan fingerprint density at radius 1 is 1.02 bits per heavy atom. The SMILES string of the molecule is Cc1[nH]c(/C=C2\C(=O)Nc3ccc(S(=O)(=O)Cc4cc(Cl)cc(Cl)c4)cc32)c(C)c1C(=O)N1CCC[C@H]1CN1CCCC1. The van der Waals surface area contributed by atoms with Crippen molar-refractivity contribution in [3.05, 3.63) is 80.1 Å². The summed E-state index contributed by atoms with van der Waals surface area (Å²) in [5, 5.41) is 3.54. The van der Waals surface area contributed by atoms with Crippen molar-refractivity contribution in [2.45, 2.75) is 56.2 Å². The highest BCUT2D eigenvalue weighted by Crippen LogP contribution is 2.37. The lowest BCUT2D eigenvalue weighted by atomic mass is 10.0. The Morgan fingerprint density at radius 2 is 1.74 bits per heavy atom. The van der Waals surface area contributed by atoms with Gasteiger partial charge in [0.1, 0.15) is 0 Å². The van der Waals surface area contributed by atoms with Crippen LogP contribution in [0.3, 0.4) is 0 Å². The number of aryl methyl sites for hydroxylation is 1. The topological polar surface area (TPSA) is 103 Å². The van der Waals surface area contributed by atoms with Crippen LogP contribution in [0, 0.1) is 13.8 Å². The Balaban J connectivity index is 1.28. The average Bonchev–Trinajstić information content (AvgIpc) is 3.72. The van der Waals surface area contributed by atoms with E-state index in [1.807, 2.05) is 18.7 Å². The molecule has 2 fully saturated rings. The van der Waals surface area contributed by atoms with Gasteiger partial charge < -0.3 is 20.1 Å². The number of carbonyl (C=O) groups excluding carboxylic acids is 2. The van der Waals surface area contributed by atoms with E-state index in [0.29, 0.717) is 43.7 Å². The average molecular weight is 642 g/mol. The van der Waals surface area contributed by atoms with E-state index in [1.54, 1.807) is 30.3 Å². The molecule has 6 rings (SSSR count). The van der Waals surface area contributed by atoms with Crippen LogP contribution >= 0.6 is 23.2 Å². The first-order valence-corrected chi connectivity index (χ1v) is 17.0. The lowest BCUT2D eigenvalue weighted by Gasteiger charge is -2.28. The Hall–Kier alpha value is -3.11. The molecule has 0 bridgehead atoms. The molecule has 0 saturated carbocycles. The lowest BCUT2D eigenvalue weighted by molar-refractivity contribution is -0.110. The molecule has 1 atom stereocenters. The molecule has 2 aromatic carbocycles. The molecule has 8 nitrogen and oxygen atoms in total. The number of halogens is 2. The number of hydrogen-bond donors (Lipinski definition) is 2. The minimum atomic E-state index is -3.77. The van der Waals surface area contributed by atoms with Gasteiger partial charge in [0.25, 0.3) is 11.8 Å². The van der Waals surface area contributed by atoms with Gasteiger partial charge in [-0.25, -0.2) is 8.42 Å². The van der Waals surface area contributed by atoms with E-state index in [0.717, 1.165) is 50.3 Å².